The summed E-state index contributed by atoms with van der Waals surface area (Å²) >= 11 is 0. The zero-order chi connectivity index (χ0) is 15.4. The predicted molar refractivity (Wildman–Crippen MR) is 76.0 cm³/mol. The lowest BCUT2D eigenvalue weighted by Gasteiger charge is -2.00. The van der Waals surface area contributed by atoms with Gasteiger partial charge in [-0.1, -0.05) is 0 Å². The van der Waals surface area contributed by atoms with E-state index in [1.807, 2.05) is 0 Å². The molecule has 5 nitrogen and oxygen atoms in total. The van der Waals surface area contributed by atoms with Crippen LogP contribution in [0.25, 0.3) is 16.5 Å². The monoisotopic (exact) mass is 293 g/mol. The van der Waals surface area contributed by atoms with Gasteiger partial charge in [-0.15, -0.1) is 0 Å². The first-order valence-corrected chi connectivity index (χ1v) is 6.13. The van der Waals surface area contributed by atoms with Gasteiger partial charge in [-0.2, -0.15) is 0 Å². The number of rotatable bonds is 5. The Morgan fingerprint density at radius 1 is 1.38 bits per heavy atom. The second kappa shape index (κ2) is 6.17. The van der Waals surface area contributed by atoms with E-state index in [1.165, 1.54) is 12.4 Å². The van der Waals surface area contributed by atoms with E-state index in [2.05, 4.69) is 9.98 Å². The summed E-state index contributed by atoms with van der Waals surface area (Å²) < 4.78 is 26.5. The van der Waals surface area contributed by atoms with E-state index in [-0.39, 0.29) is 13.0 Å². The number of benzene rings is 1. The minimum Gasteiger partial charge on any atom is -0.481 e. The van der Waals surface area contributed by atoms with E-state index in [0.717, 1.165) is 12.1 Å². The molecule has 0 radical (unpaired) electrons. The molecule has 0 aliphatic rings. The molecule has 0 aliphatic carbocycles. The third-order valence-electron chi connectivity index (χ3n) is 2.90. The van der Waals surface area contributed by atoms with Gasteiger partial charge in [-0.05, 0) is 6.07 Å². The van der Waals surface area contributed by atoms with Gasteiger partial charge in [0.15, 0.2) is 11.6 Å². The van der Waals surface area contributed by atoms with Gasteiger partial charge in [0.25, 0.3) is 0 Å². The smallest absolute Gasteiger partial charge is 0.305 e. The first-order chi connectivity index (χ1) is 10.0. The first-order valence-electron chi connectivity index (χ1n) is 6.13. The van der Waals surface area contributed by atoms with Gasteiger partial charge in [0.2, 0.25) is 0 Å². The zero-order valence-electron chi connectivity index (χ0n) is 10.9. The number of nitrogens with one attached hydrogen (secondary N) is 1. The van der Waals surface area contributed by atoms with Crippen LogP contribution in [0, 0.1) is 11.6 Å². The highest BCUT2D eigenvalue weighted by Gasteiger charge is 2.11. The Labute approximate surface area is 118 Å². The Bertz CT molecular complexity index is 735. The third kappa shape index (κ3) is 3.25. The quantitative estimate of drug-likeness (QED) is 0.739. The Balaban J connectivity index is 2.31. The summed E-state index contributed by atoms with van der Waals surface area (Å²) in [6, 6.07) is 2.13. The van der Waals surface area contributed by atoms with E-state index in [0.29, 0.717) is 22.0 Å². The number of aromatic amines is 1. The van der Waals surface area contributed by atoms with Gasteiger partial charge in [-0.3, -0.25) is 9.79 Å². The number of allylic oxidation sites excluding steroid dienone is 1. The molecule has 0 unspecified atom stereocenters. The standard InChI is InChI=1S/C14H13F2N3O2/c15-11-3-9-10(7-19-13(9)4-12(11)16)8(5-17)6-18-2-1-14(20)21/h3-7,19H,1-2,17H2,(H,20,21). The Morgan fingerprint density at radius 3 is 2.76 bits per heavy atom. The highest BCUT2D eigenvalue weighted by molar-refractivity contribution is 6.14. The fourth-order valence-corrected chi connectivity index (χ4v) is 1.88. The summed E-state index contributed by atoms with van der Waals surface area (Å²) in [5, 5.41) is 8.99. The number of aliphatic imine (C=N–C) groups is 1. The van der Waals surface area contributed by atoms with E-state index < -0.39 is 17.6 Å². The van der Waals surface area contributed by atoms with Crippen molar-refractivity contribution in [2.75, 3.05) is 6.54 Å². The zero-order valence-corrected chi connectivity index (χ0v) is 10.9. The molecule has 1 aromatic heterocycles. The summed E-state index contributed by atoms with van der Waals surface area (Å²) in [5.74, 6) is -2.85. The molecule has 0 fully saturated rings. The Morgan fingerprint density at radius 2 is 2.10 bits per heavy atom. The number of aliphatic carboxylic acids is 1. The average molecular weight is 293 g/mol. The lowest BCUT2D eigenvalue weighted by atomic mass is 10.1. The number of fused-ring (bicyclic) bond motifs is 1. The van der Waals surface area contributed by atoms with Crippen molar-refractivity contribution in [3.05, 3.63) is 41.7 Å². The fraction of sp³-hybridized carbons (Fsp3) is 0.143. The van der Waals surface area contributed by atoms with Crippen LogP contribution in [0.4, 0.5) is 8.78 Å². The molecule has 1 aromatic carbocycles. The molecule has 4 N–H and O–H groups in total. The van der Waals surface area contributed by atoms with Crippen molar-refractivity contribution in [1.29, 1.82) is 0 Å². The number of carboxylic acids is 1. The number of carboxylic acid groups (broad SMARTS) is 1. The SMILES string of the molecule is NC=C(C=NCCC(=O)O)c1c[nH]c2cc(F)c(F)cc12. The maximum atomic E-state index is 13.3. The van der Waals surface area contributed by atoms with Gasteiger partial charge in [-0.25, -0.2) is 8.78 Å². The van der Waals surface area contributed by atoms with Crippen LogP contribution in [0.1, 0.15) is 12.0 Å². The van der Waals surface area contributed by atoms with Gasteiger partial charge >= 0.3 is 5.97 Å². The van der Waals surface area contributed by atoms with Gasteiger partial charge in [0, 0.05) is 53.3 Å². The normalized spacial score (nSPS) is 12.4. The molecule has 2 aromatic rings. The van der Waals surface area contributed by atoms with E-state index >= 15 is 0 Å². The maximum absolute atomic E-state index is 13.3. The van der Waals surface area contributed by atoms with Gasteiger partial charge in [0.1, 0.15) is 0 Å². The summed E-state index contributed by atoms with van der Waals surface area (Å²) in [4.78, 5) is 17.2. The number of aromatic nitrogens is 1. The lowest BCUT2D eigenvalue weighted by Crippen LogP contribution is -1.98. The van der Waals surface area contributed by atoms with Crippen LogP contribution in [0.2, 0.25) is 0 Å². The fourth-order valence-electron chi connectivity index (χ4n) is 1.88. The van der Waals surface area contributed by atoms with Gasteiger partial charge in [0.05, 0.1) is 6.42 Å². The number of H-pyrrole nitrogens is 1. The molecule has 0 aliphatic heterocycles. The molecule has 2 rings (SSSR count). The van der Waals surface area contributed by atoms with Crippen molar-refractivity contribution in [1.82, 2.24) is 4.98 Å². The van der Waals surface area contributed by atoms with Crippen LogP contribution in [-0.2, 0) is 4.79 Å². The van der Waals surface area contributed by atoms with Crippen molar-refractivity contribution < 1.29 is 18.7 Å². The first kappa shape index (κ1) is 14.7. The summed E-state index contributed by atoms with van der Waals surface area (Å²) in [5.41, 5.74) is 6.99. The van der Waals surface area contributed by atoms with Crippen molar-refractivity contribution >= 4 is 28.7 Å². The average Bonchev–Trinajstić information content (AvgIpc) is 2.82. The van der Waals surface area contributed by atoms with E-state index in [1.54, 1.807) is 6.20 Å². The second-order valence-corrected chi connectivity index (χ2v) is 4.32. The van der Waals surface area contributed by atoms with Crippen LogP contribution in [0.15, 0.2) is 29.5 Å². The van der Waals surface area contributed by atoms with E-state index in [9.17, 15) is 13.6 Å². The molecule has 0 saturated carbocycles. The minimum absolute atomic E-state index is 0.0952. The molecule has 0 amide bonds. The molecular weight excluding hydrogens is 280 g/mol. The number of nitrogens with two attached hydrogens (primary N) is 1. The predicted octanol–water partition coefficient (Wildman–Crippen LogP) is 2.29. The maximum Gasteiger partial charge on any atom is 0.305 e. The topological polar surface area (TPSA) is 91.5 Å². The summed E-state index contributed by atoms with van der Waals surface area (Å²) in [6.45, 7) is 0.109. The van der Waals surface area contributed by atoms with Crippen molar-refractivity contribution in [2.45, 2.75) is 6.42 Å². The largest absolute Gasteiger partial charge is 0.481 e. The molecule has 7 heteroatoms. The van der Waals surface area contributed by atoms with Crippen LogP contribution in [0.5, 0.6) is 0 Å². The van der Waals surface area contributed by atoms with E-state index in [4.69, 9.17) is 10.8 Å². The summed E-state index contributed by atoms with van der Waals surface area (Å²) in [7, 11) is 0. The highest BCUT2D eigenvalue weighted by atomic mass is 19.2. The highest BCUT2D eigenvalue weighted by Crippen LogP contribution is 2.25. The van der Waals surface area contributed by atoms with Crippen molar-refractivity contribution in [3.63, 3.8) is 0 Å². The van der Waals surface area contributed by atoms with Crippen molar-refractivity contribution in [3.8, 4) is 0 Å². The number of hydrogen-bond acceptors (Lipinski definition) is 3. The van der Waals surface area contributed by atoms with Gasteiger partial charge < -0.3 is 15.8 Å². The minimum atomic E-state index is -0.956. The molecule has 110 valence electrons. The molecule has 21 heavy (non-hydrogen) atoms. The molecular formula is C14H13F2N3O2. The number of hydrogen-bond donors (Lipinski definition) is 3. The van der Waals surface area contributed by atoms with Crippen LogP contribution in [-0.4, -0.2) is 28.8 Å². The van der Waals surface area contributed by atoms with Crippen molar-refractivity contribution in [2.24, 2.45) is 10.7 Å². The molecule has 0 atom stereocenters. The number of halogens is 2. The lowest BCUT2D eigenvalue weighted by molar-refractivity contribution is -0.136. The Kier molecular flexibility index (Phi) is 4.32. The van der Waals surface area contributed by atoms with Crippen LogP contribution in [0.3, 0.4) is 0 Å². The number of carbonyl (C=O) groups is 1. The molecule has 0 saturated heterocycles. The molecule has 0 bridgehead atoms. The van der Waals surface area contributed by atoms with Crippen LogP contribution >= 0.6 is 0 Å². The summed E-state index contributed by atoms with van der Waals surface area (Å²) in [6.07, 6.45) is 4.15. The molecule has 0 spiro atoms. The second-order valence-electron chi connectivity index (χ2n) is 4.32. The Hall–Kier alpha value is -2.70. The molecule has 1 heterocycles. The van der Waals surface area contributed by atoms with Crippen LogP contribution < -0.4 is 5.73 Å². The number of nitrogens with zero attached hydrogens (tertiary/aromatic N) is 1. The third-order valence-corrected chi connectivity index (χ3v) is 2.90.